The molecule has 0 bridgehead atoms. The van der Waals surface area contributed by atoms with Crippen molar-refractivity contribution in [2.45, 2.75) is 26.9 Å². The molecule has 0 spiro atoms. The molecule has 0 aromatic heterocycles. The van der Waals surface area contributed by atoms with Crippen LogP contribution in [-0.4, -0.2) is 29.3 Å². The summed E-state index contributed by atoms with van der Waals surface area (Å²) in [6, 6.07) is 15.3. The third-order valence-electron chi connectivity index (χ3n) is 3.26. The van der Waals surface area contributed by atoms with Gasteiger partial charge in [0.05, 0.1) is 0 Å². The van der Waals surface area contributed by atoms with E-state index in [2.05, 4.69) is 21.5 Å². The molecule has 0 aliphatic carbocycles. The average Bonchev–Trinajstić information content (AvgIpc) is 2.59. The fourth-order valence-corrected chi connectivity index (χ4v) is 2.15. The summed E-state index contributed by atoms with van der Waals surface area (Å²) in [6.45, 7) is 4.32. The van der Waals surface area contributed by atoms with Crippen LogP contribution in [-0.2, 0) is 33.1 Å². The van der Waals surface area contributed by atoms with Crippen LogP contribution >= 0.6 is 0 Å². The van der Waals surface area contributed by atoms with E-state index in [1.165, 1.54) is 13.8 Å². The number of hydrogen-bond acceptors (Lipinski definition) is 6. The van der Waals surface area contributed by atoms with Crippen LogP contribution in [0.25, 0.3) is 0 Å². The second-order valence-corrected chi connectivity index (χ2v) is 6.81. The summed E-state index contributed by atoms with van der Waals surface area (Å²) in [5.41, 5.74) is 10.1. The zero-order chi connectivity index (χ0) is 21.9. The van der Waals surface area contributed by atoms with Crippen molar-refractivity contribution in [3.8, 4) is 0 Å². The Morgan fingerprint density at radius 3 is 1.24 bits per heavy atom. The molecular formula is C18H24N4O6S. The molecule has 10 nitrogen and oxygen atoms in total. The molecule has 29 heavy (non-hydrogen) atoms. The SMILES string of the molecule is CC(=O)Nc1ccc(CNNCc2ccc(NC(C)=O)cc2)cc1.O=S(=O)(O)O. The molecule has 0 fully saturated rings. The van der Waals surface area contributed by atoms with E-state index in [4.69, 9.17) is 17.5 Å². The zero-order valence-electron chi connectivity index (χ0n) is 16.0. The van der Waals surface area contributed by atoms with Gasteiger partial charge in [-0.05, 0) is 35.4 Å². The number of amides is 2. The van der Waals surface area contributed by atoms with Gasteiger partial charge in [0.2, 0.25) is 11.8 Å². The van der Waals surface area contributed by atoms with Crippen molar-refractivity contribution in [1.29, 1.82) is 0 Å². The maximum Gasteiger partial charge on any atom is 0.394 e. The van der Waals surface area contributed by atoms with E-state index in [1.807, 2.05) is 48.5 Å². The summed E-state index contributed by atoms with van der Waals surface area (Å²) in [7, 11) is -4.67. The van der Waals surface area contributed by atoms with Crippen molar-refractivity contribution in [2.24, 2.45) is 0 Å². The Kier molecular flexibility index (Phi) is 9.92. The van der Waals surface area contributed by atoms with Gasteiger partial charge in [-0.3, -0.25) is 29.5 Å². The minimum absolute atomic E-state index is 0.0768. The predicted molar refractivity (Wildman–Crippen MR) is 109 cm³/mol. The third-order valence-corrected chi connectivity index (χ3v) is 3.26. The molecule has 0 saturated carbocycles. The van der Waals surface area contributed by atoms with Crippen LogP contribution in [0, 0.1) is 0 Å². The Balaban J connectivity index is 0.000000749. The molecule has 0 atom stereocenters. The highest BCUT2D eigenvalue weighted by Crippen LogP contribution is 2.10. The van der Waals surface area contributed by atoms with Gasteiger partial charge in [0, 0.05) is 38.3 Å². The first-order valence-electron chi connectivity index (χ1n) is 8.41. The molecule has 2 aromatic rings. The Hall–Kier alpha value is -2.83. The van der Waals surface area contributed by atoms with Crippen molar-refractivity contribution in [3.05, 3.63) is 59.7 Å². The molecule has 2 rings (SSSR count). The molecule has 158 valence electrons. The molecule has 2 aromatic carbocycles. The number of carbonyl (C=O) groups excluding carboxylic acids is 2. The van der Waals surface area contributed by atoms with Gasteiger partial charge in [-0.2, -0.15) is 8.42 Å². The lowest BCUT2D eigenvalue weighted by Crippen LogP contribution is -2.30. The van der Waals surface area contributed by atoms with E-state index in [0.29, 0.717) is 13.1 Å². The van der Waals surface area contributed by atoms with E-state index in [1.54, 1.807) is 0 Å². The van der Waals surface area contributed by atoms with Crippen molar-refractivity contribution < 1.29 is 27.1 Å². The van der Waals surface area contributed by atoms with Gasteiger partial charge in [-0.15, -0.1) is 0 Å². The number of anilines is 2. The fraction of sp³-hybridized carbons (Fsp3) is 0.222. The maximum absolute atomic E-state index is 11.0. The quantitative estimate of drug-likeness (QED) is 0.223. The number of rotatable bonds is 7. The summed E-state index contributed by atoms with van der Waals surface area (Å²) in [5.74, 6) is -0.154. The first-order valence-corrected chi connectivity index (χ1v) is 9.81. The molecule has 0 heterocycles. The summed E-state index contributed by atoms with van der Waals surface area (Å²) in [5, 5.41) is 5.47. The smallest absolute Gasteiger partial charge is 0.326 e. The number of hydrazine groups is 1. The van der Waals surface area contributed by atoms with Crippen molar-refractivity contribution >= 4 is 33.6 Å². The highest BCUT2D eigenvalue weighted by Gasteiger charge is 1.98. The van der Waals surface area contributed by atoms with E-state index in [-0.39, 0.29) is 11.8 Å². The monoisotopic (exact) mass is 424 g/mol. The van der Waals surface area contributed by atoms with Crippen molar-refractivity contribution in [3.63, 3.8) is 0 Å². The van der Waals surface area contributed by atoms with Crippen LogP contribution in [0.2, 0.25) is 0 Å². The van der Waals surface area contributed by atoms with E-state index < -0.39 is 10.4 Å². The molecule has 0 radical (unpaired) electrons. The van der Waals surface area contributed by atoms with Crippen LogP contribution in [0.5, 0.6) is 0 Å². The molecule has 0 aliphatic heterocycles. The molecule has 0 saturated heterocycles. The molecule has 0 aliphatic rings. The highest BCUT2D eigenvalue weighted by molar-refractivity contribution is 7.79. The minimum Gasteiger partial charge on any atom is -0.326 e. The van der Waals surface area contributed by atoms with Crippen LogP contribution in [0.1, 0.15) is 25.0 Å². The average molecular weight is 424 g/mol. The van der Waals surface area contributed by atoms with Gasteiger partial charge in [0.25, 0.3) is 0 Å². The van der Waals surface area contributed by atoms with Gasteiger partial charge >= 0.3 is 10.4 Å². The van der Waals surface area contributed by atoms with Crippen LogP contribution in [0.4, 0.5) is 11.4 Å². The third kappa shape index (κ3) is 13.1. The Labute approximate surface area is 169 Å². The van der Waals surface area contributed by atoms with Crippen LogP contribution < -0.4 is 21.5 Å². The maximum atomic E-state index is 11.0. The van der Waals surface area contributed by atoms with Crippen molar-refractivity contribution in [1.82, 2.24) is 10.9 Å². The summed E-state index contributed by atoms with van der Waals surface area (Å²) < 4.78 is 31.6. The minimum atomic E-state index is -4.67. The second-order valence-electron chi connectivity index (χ2n) is 5.91. The standard InChI is InChI=1S/C18H22N4O2.H2O4S/c1-13(23)21-17-7-3-15(4-8-17)11-19-20-12-16-5-9-18(10-6-16)22-14(2)24;1-5(2,3)4/h3-10,19-20H,11-12H2,1-2H3,(H,21,23)(H,22,24);(H2,1,2,3,4). The van der Waals surface area contributed by atoms with E-state index in [9.17, 15) is 9.59 Å². The largest absolute Gasteiger partial charge is 0.394 e. The van der Waals surface area contributed by atoms with E-state index in [0.717, 1.165) is 22.5 Å². The molecule has 0 unspecified atom stereocenters. The Morgan fingerprint density at radius 2 is 1.00 bits per heavy atom. The number of hydrogen-bond donors (Lipinski definition) is 6. The molecule has 2 amide bonds. The number of benzene rings is 2. The normalized spacial score (nSPS) is 10.5. The number of carbonyl (C=O) groups is 2. The summed E-state index contributed by atoms with van der Waals surface area (Å²) in [6.07, 6.45) is 0. The Bertz CT molecular complexity index is 829. The summed E-state index contributed by atoms with van der Waals surface area (Å²) >= 11 is 0. The molecule has 11 heteroatoms. The second kappa shape index (κ2) is 11.9. The molecular weight excluding hydrogens is 400 g/mol. The van der Waals surface area contributed by atoms with Gasteiger partial charge in [0.1, 0.15) is 0 Å². The van der Waals surface area contributed by atoms with E-state index >= 15 is 0 Å². The first kappa shape index (κ1) is 24.2. The fourth-order valence-electron chi connectivity index (χ4n) is 2.15. The predicted octanol–water partition coefficient (Wildman–Crippen LogP) is 1.74. The van der Waals surface area contributed by atoms with Crippen LogP contribution in [0.3, 0.4) is 0 Å². The lowest BCUT2D eigenvalue weighted by atomic mass is 10.2. The zero-order valence-corrected chi connectivity index (χ0v) is 16.8. The lowest BCUT2D eigenvalue weighted by Gasteiger charge is -2.09. The van der Waals surface area contributed by atoms with Gasteiger partial charge in [-0.1, -0.05) is 24.3 Å². The first-order chi connectivity index (χ1) is 13.5. The van der Waals surface area contributed by atoms with Gasteiger partial charge in [-0.25, -0.2) is 0 Å². The van der Waals surface area contributed by atoms with Gasteiger partial charge in [0.15, 0.2) is 0 Å². The Morgan fingerprint density at radius 1 is 0.724 bits per heavy atom. The topological polar surface area (TPSA) is 157 Å². The lowest BCUT2D eigenvalue weighted by molar-refractivity contribution is -0.115. The summed E-state index contributed by atoms with van der Waals surface area (Å²) in [4.78, 5) is 21.9. The van der Waals surface area contributed by atoms with Gasteiger partial charge < -0.3 is 10.6 Å². The van der Waals surface area contributed by atoms with Crippen LogP contribution in [0.15, 0.2) is 48.5 Å². The highest BCUT2D eigenvalue weighted by atomic mass is 32.3. The number of nitrogens with one attached hydrogen (secondary N) is 4. The molecule has 6 N–H and O–H groups in total. The van der Waals surface area contributed by atoms with Crippen molar-refractivity contribution in [2.75, 3.05) is 10.6 Å².